The summed E-state index contributed by atoms with van der Waals surface area (Å²) in [5.41, 5.74) is 0.133. The van der Waals surface area contributed by atoms with Crippen molar-refractivity contribution in [3.05, 3.63) is 11.6 Å². The molecule has 0 radical (unpaired) electrons. The van der Waals surface area contributed by atoms with Gasteiger partial charge in [0.2, 0.25) is 5.91 Å². The Kier molecular flexibility index (Phi) is 11.3. The van der Waals surface area contributed by atoms with Crippen molar-refractivity contribution < 1.29 is 19.1 Å². The first-order valence-corrected chi connectivity index (χ1v) is 12.6. The van der Waals surface area contributed by atoms with Gasteiger partial charge in [-0.1, -0.05) is 47.1 Å². The van der Waals surface area contributed by atoms with E-state index in [1.165, 1.54) is 0 Å². The van der Waals surface area contributed by atoms with Crippen LogP contribution in [-0.4, -0.2) is 65.8 Å². The third kappa shape index (κ3) is 8.24. The number of ether oxygens (including phenoxy) is 1. The monoisotopic (exact) mass is 464 g/mol. The molecule has 6 nitrogen and oxygen atoms in total. The summed E-state index contributed by atoms with van der Waals surface area (Å²) in [7, 11) is 1.78. The smallest absolute Gasteiger partial charge is 0.333 e. The van der Waals surface area contributed by atoms with Gasteiger partial charge >= 0.3 is 5.97 Å². The molecule has 0 N–H and O–H groups in total. The minimum Gasteiger partial charge on any atom is -0.463 e. The summed E-state index contributed by atoms with van der Waals surface area (Å²) in [5.74, 6) is -0.561. The molecule has 0 aromatic heterocycles. The van der Waals surface area contributed by atoms with Crippen LogP contribution in [0, 0.1) is 17.3 Å². The number of likely N-dealkylation sites (N-methyl/N-ethyl adjacent to an activating group) is 1. The zero-order valence-corrected chi connectivity index (χ0v) is 22.7. The molecule has 1 saturated heterocycles. The first-order valence-electron chi connectivity index (χ1n) is 12.6. The summed E-state index contributed by atoms with van der Waals surface area (Å²) in [6.07, 6.45) is 5.11. The van der Waals surface area contributed by atoms with Gasteiger partial charge in [-0.05, 0) is 58.4 Å². The number of amides is 1. The van der Waals surface area contributed by atoms with Crippen LogP contribution >= 0.6 is 0 Å². The number of nitrogens with zero attached hydrogens (tertiary/aromatic N) is 2. The van der Waals surface area contributed by atoms with Gasteiger partial charge in [0.15, 0.2) is 5.78 Å². The van der Waals surface area contributed by atoms with Crippen LogP contribution in [0.4, 0.5) is 0 Å². The lowest BCUT2D eigenvalue weighted by Gasteiger charge is -2.40. The van der Waals surface area contributed by atoms with E-state index in [-0.39, 0.29) is 47.5 Å². The molecular formula is C27H48N2O4. The zero-order chi connectivity index (χ0) is 25.5. The largest absolute Gasteiger partial charge is 0.463 e. The average molecular weight is 465 g/mol. The number of Topliss-reactive ketones (excluding diaryl/α,β-unsaturated/α-hetero) is 1. The van der Waals surface area contributed by atoms with Gasteiger partial charge in [-0.25, -0.2) is 4.79 Å². The van der Waals surface area contributed by atoms with E-state index >= 15 is 0 Å². The van der Waals surface area contributed by atoms with Gasteiger partial charge < -0.3 is 9.64 Å². The molecule has 1 heterocycles. The minimum atomic E-state index is -0.427. The van der Waals surface area contributed by atoms with Crippen LogP contribution in [-0.2, 0) is 19.1 Å². The Morgan fingerprint density at radius 2 is 1.73 bits per heavy atom. The number of ketones is 1. The minimum absolute atomic E-state index is 0.0469. The second-order valence-electron chi connectivity index (χ2n) is 11.2. The fourth-order valence-corrected chi connectivity index (χ4v) is 4.73. The lowest BCUT2D eigenvalue weighted by Crippen LogP contribution is -2.51. The van der Waals surface area contributed by atoms with Gasteiger partial charge in [-0.15, -0.1) is 0 Å². The van der Waals surface area contributed by atoms with E-state index < -0.39 is 5.92 Å². The quantitative estimate of drug-likeness (QED) is 0.341. The highest BCUT2D eigenvalue weighted by Gasteiger charge is 2.40. The van der Waals surface area contributed by atoms with E-state index in [9.17, 15) is 14.4 Å². The van der Waals surface area contributed by atoms with Crippen LogP contribution in [0.25, 0.3) is 0 Å². The molecule has 0 bridgehead atoms. The van der Waals surface area contributed by atoms with Crippen LogP contribution in [0.15, 0.2) is 11.6 Å². The summed E-state index contributed by atoms with van der Waals surface area (Å²) < 4.78 is 5.12. The molecule has 0 saturated carbocycles. The molecule has 1 aliphatic rings. The second kappa shape index (κ2) is 12.7. The lowest BCUT2D eigenvalue weighted by atomic mass is 9.75. The summed E-state index contributed by atoms with van der Waals surface area (Å²) in [5, 5.41) is 0. The van der Waals surface area contributed by atoms with E-state index in [0.29, 0.717) is 18.2 Å². The predicted octanol–water partition coefficient (Wildman–Crippen LogP) is 4.86. The van der Waals surface area contributed by atoms with Crippen LogP contribution in [0.5, 0.6) is 0 Å². The summed E-state index contributed by atoms with van der Waals surface area (Å²) in [4.78, 5) is 43.4. The van der Waals surface area contributed by atoms with Crippen molar-refractivity contribution >= 4 is 17.7 Å². The molecule has 1 aliphatic heterocycles. The topological polar surface area (TPSA) is 66.9 Å². The highest BCUT2D eigenvalue weighted by atomic mass is 16.5. The Labute approximate surface area is 202 Å². The molecule has 33 heavy (non-hydrogen) atoms. The number of carbonyl (C=O) groups is 3. The predicted molar refractivity (Wildman–Crippen MR) is 134 cm³/mol. The van der Waals surface area contributed by atoms with Crippen molar-refractivity contribution in [3.63, 3.8) is 0 Å². The van der Waals surface area contributed by atoms with Gasteiger partial charge in [0, 0.05) is 31.0 Å². The fraction of sp³-hybridized carbons (Fsp3) is 0.815. The average Bonchev–Trinajstić information content (AvgIpc) is 2.73. The van der Waals surface area contributed by atoms with Gasteiger partial charge in [-0.3, -0.25) is 14.5 Å². The molecular weight excluding hydrogens is 416 g/mol. The number of piperidine rings is 1. The maximum absolute atomic E-state index is 13.8. The van der Waals surface area contributed by atoms with Crippen molar-refractivity contribution in [2.75, 3.05) is 20.2 Å². The summed E-state index contributed by atoms with van der Waals surface area (Å²) >= 11 is 0. The Balaban J connectivity index is 3.15. The number of esters is 1. The first-order chi connectivity index (χ1) is 15.2. The summed E-state index contributed by atoms with van der Waals surface area (Å²) in [6, 6.07) is -0.0516. The molecule has 0 aromatic carbocycles. The van der Waals surface area contributed by atoms with E-state index in [2.05, 4.69) is 18.7 Å². The van der Waals surface area contributed by atoms with Crippen molar-refractivity contribution in [1.29, 1.82) is 0 Å². The van der Waals surface area contributed by atoms with Crippen molar-refractivity contribution in [2.24, 2.45) is 17.3 Å². The molecule has 190 valence electrons. The highest BCUT2D eigenvalue weighted by Crippen LogP contribution is 2.34. The third-order valence-corrected chi connectivity index (χ3v) is 6.82. The van der Waals surface area contributed by atoms with Crippen LogP contribution in [0.3, 0.4) is 0 Å². The molecule has 1 fully saturated rings. The van der Waals surface area contributed by atoms with Gasteiger partial charge in [0.25, 0.3) is 0 Å². The Hall–Kier alpha value is -1.69. The molecule has 1 unspecified atom stereocenters. The number of hydrogen-bond donors (Lipinski definition) is 0. The third-order valence-electron chi connectivity index (χ3n) is 6.82. The standard InChI is InChI=1S/C27H48N2O4/c1-11-33-26(32)20(6)16-23(18(2)3)28(10)25(31)21(27(7,8)9)17-24(30)22-14-12-13-15-29(22)19(4)5/h16,18-19,21-23H,11-15,17H2,1-10H3/b20-16+/t21-,22?,23-/m1/s1. The maximum atomic E-state index is 13.8. The van der Waals surface area contributed by atoms with Gasteiger partial charge in [-0.2, -0.15) is 0 Å². The zero-order valence-electron chi connectivity index (χ0n) is 22.7. The van der Waals surface area contributed by atoms with Crippen molar-refractivity contribution in [1.82, 2.24) is 9.80 Å². The first kappa shape index (κ1) is 29.3. The number of rotatable bonds is 10. The number of carbonyl (C=O) groups excluding carboxylic acids is 3. The molecule has 0 aromatic rings. The normalized spacial score (nSPS) is 20.0. The highest BCUT2D eigenvalue weighted by molar-refractivity contribution is 5.91. The van der Waals surface area contributed by atoms with Crippen LogP contribution in [0.2, 0.25) is 0 Å². The summed E-state index contributed by atoms with van der Waals surface area (Å²) in [6.45, 7) is 19.2. The van der Waals surface area contributed by atoms with E-state index in [0.717, 1.165) is 25.8 Å². The van der Waals surface area contributed by atoms with Crippen molar-refractivity contribution in [2.45, 2.75) is 106 Å². The molecule has 1 amide bonds. The fourth-order valence-electron chi connectivity index (χ4n) is 4.73. The molecule has 0 spiro atoms. The molecule has 6 heteroatoms. The SMILES string of the molecule is CCOC(=O)/C(C)=C/[C@H](C(C)C)N(C)C(=O)[C@@H](CC(=O)C1CCCCN1C(C)C)C(C)(C)C. The second-order valence-corrected chi connectivity index (χ2v) is 11.2. The molecule has 3 atom stereocenters. The van der Waals surface area contributed by atoms with Gasteiger partial charge in [0.1, 0.15) is 0 Å². The van der Waals surface area contributed by atoms with Crippen LogP contribution in [0.1, 0.15) is 88.0 Å². The molecule has 0 aliphatic carbocycles. The Bertz CT molecular complexity index is 705. The molecule has 1 rings (SSSR count). The Morgan fingerprint density at radius 3 is 2.21 bits per heavy atom. The van der Waals surface area contributed by atoms with Crippen molar-refractivity contribution in [3.8, 4) is 0 Å². The lowest BCUT2D eigenvalue weighted by molar-refractivity contribution is -0.144. The van der Waals surface area contributed by atoms with E-state index in [1.807, 2.05) is 40.7 Å². The number of likely N-dealkylation sites (tertiary alicyclic amines) is 1. The van der Waals surface area contributed by atoms with E-state index in [1.54, 1.807) is 25.8 Å². The van der Waals surface area contributed by atoms with Gasteiger partial charge in [0.05, 0.1) is 18.7 Å². The Morgan fingerprint density at radius 1 is 1.12 bits per heavy atom. The maximum Gasteiger partial charge on any atom is 0.333 e. The van der Waals surface area contributed by atoms with E-state index in [4.69, 9.17) is 4.74 Å². The van der Waals surface area contributed by atoms with Crippen LogP contribution < -0.4 is 0 Å². The number of hydrogen-bond acceptors (Lipinski definition) is 5.